The summed E-state index contributed by atoms with van der Waals surface area (Å²) in [5, 5.41) is 0. The van der Waals surface area contributed by atoms with Crippen molar-refractivity contribution in [3.63, 3.8) is 0 Å². The van der Waals surface area contributed by atoms with E-state index in [-0.39, 0.29) is 0 Å². The zero-order valence-corrected chi connectivity index (χ0v) is 15.6. The fourth-order valence-corrected chi connectivity index (χ4v) is 2.78. The number of pyridine rings is 1. The number of aromatic nitrogens is 1. The van der Waals surface area contributed by atoms with Crippen molar-refractivity contribution < 1.29 is 4.79 Å². The molecule has 0 fully saturated rings. The average Bonchev–Trinajstić information content (AvgIpc) is 2.67. The van der Waals surface area contributed by atoms with E-state index in [1.165, 1.54) is 0 Å². The Hall–Kier alpha value is -3.14. The van der Waals surface area contributed by atoms with Crippen molar-refractivity contribution in [1.29, 1.82) is 0 Å². The second-order valence-electron chi connectivity index (χ2n) is 6.67. The Morgan fingerprint density at radius 1 is 0.692 bits per heavy atom. The monoisotopic (exact) mass is 345 g/mol. The minimum Gasteiger partial charge on any atom is -0.378 e. The maximum atomic E-state index is 11.4. The van der Waals surface area contributed by atoms with Gasteiger partial charge in [-0.3, -0.25) is 4.79 Å². The van der Waals surface area contributed by atoms with Crippen LogP contribution in [-0.4, -0.2) is 39.5 Å². The highest BCUT2D eigenvalue weighted by atomic mass is 16.1. The molecule has 26 heavy (non-hydrogen) atoms. The van der Waals surface area contributed by atoms with Crippen molar-refractivity contribution in [2.24, 2.45) is 0 Å². The number of anilines is 2. The van der Waals surface area contributed by atoms with Gasteiger partial charge in [-0.15, -0.1) is 0 Å². The van der Waals surface area contributed by atoms with Gasteiger partial charge in [0.25, 0.3) is 0 Å². The topological polar surface area (TPSA) is 36.4 Å². The van der Waals surface area contributed by atoms with Crippen LogP contribution < -0.4 is 9.80 Å². The SMILES string of the molecule is CN(C)c1ccc(-c2cc(C=O)cc(-c3ccc(N(C)C)cc3)n2)cc1. The van der Waals surface area contributed by atoms with E-state index in [9.17, 15) is 4.79 Å². The average molecular weight is 345 g/mol. The molecule has 0 unspecified atom stereocenters. The van der Waals surface area contributed by atoms with Gasteiger partial charge in [0.1, 0.15) is 6.29 Å². The molecule has 2 aromatic carbocycles. The standard InChI is InChI=1S/C22H23N3O/c1-24(2)19-9-5-17(6-10-19)21-13-16(15-26)14-22(23-21)18-7-11-20(12-8-18)25(3)4/h5-15H,1-4H3. The first-order valence-corrected chi connectivity index (χ1v) is 8.51. The van der Waals surface area contributed by atoms with Gasteiger partial charge < -0.3 is 9.80 Å². The van der Waals surface area contributed by atoms with Crippen molar-refractivity contribution in [3.05, 3.63) is 66.2 Å². The number of rotatable bonds is 5. The van der Waals surface area contributed by atoms with Crippen LogP contribution in [0.1, 0.15) is 10.4 Å². The molecule has 0 aliphatic heterocycles. The van der Waals surface area contributed by atoms with Crippen molar-refractivity contribution in [2.75, 3.05) is 38.0 Å². The molecule has 4 heteroatoms. The van der Waals surface area contributed by atoms with Crippen LogP contribution in [0.25, 0.3) is 22.5 Å². The van der Waals surface area contributed by atoms with Crippen LogP contribution in [0, 0.1) is 0 Å². The summed E-state index contributed by atoms with van der Waals surface area (Å²) in [5.41, 5.74) is 6.45. The fourth-order valence-electron chi connectivity index (χ4n) is 2.78. The van der Waals surface area contributed by atoms with Gasteiger partial charge in [-0.1, -0.05) is 24.3 Å². The molecule has 0 radical (unpaired) electrons. The molecular weight excluding hydrogens is 322 g/mol. The summed E-state index contributed by atoms with van der Waals surface area (Å²) in [6.45, 7) is 0. The fraction of sp³-hybridized carbons (Fsp3) is 0.182. The van der Waals surface area contributed by atoms with Crippen molar-refractivity contribution >= 4 is 17.7 Å². The number of nitrogens with zero attached hydrogens (tertiary/aromatic N) is 3. The molecule has 3 rings (SSSR count). The lowest BCUT2D eigenvalue weighted by atomic mass is 10.0. The number of hydrogen-bond acceptors (Lipinski definition) is 4. The smallest absolute Gasteiger partial charge is 0.150 e. The molecule has 0 amide bonds. The molecule has 4 nitrogen and oxygen atoms in total. The van der Waals surface area contributed by atoms with Gasteiger partial charge in [0, 0.05) is 56.3 Å². The number of carbonyl (C=O) groups excluding carboxylic acids is 1. The maximum Gasteiger partial charge on any atom is 0.150 e. The third-order valence-electron chi connectivity index (χ3n) is 4.34. The number of carbonyl (C=O) groups is 1. The molecule has 0 aliphatic rings. The Morgan fingerprint density at radius 3 is 1.38 bits per heavy atom. The highest BCUT2D eigenvalue weighted by Crippen LogP contribution is 2.27. The van der Waals surface area contributed by atoms with Crippen molar-refractivity contribution in [1.82, 2.24) is 4.98 Å². The molecule has 0 spiro atoms. The molecule has 0 N–H and O–H groups in total. The first-order valence-electron chi connectivity index (χ1n) is 8.51. The Labute approximate surface area is 154 Å². The summed E-state index contributed by atoms with van der Waals surface area (Å²) >= 11 is 0. The highest BCUT2D eigenvalue weighted by Gasteiger charge is 2.08. The van der Waals surface area contributed by atoms with E-state index >= 15 is 0 Å². The summed E-state index contributed by atoms with van der Waals surface area (Å²) in [5.74, 6) is 0. The van der Waals surface area contributed by atoms with E-state index in [4.69, 9.17) is 4.98 Å². The van der Waals surface area contributed by atoms with Gasteiger partial charge in [-0.2, -0.15) is 0 Å². The lowest BCUT2D eigenvalue weighted by Gasteiger charge is -2.14. The summed E-state index contributed by atoms with van der Waals surface area (Å²) in [7, 11) is 8.04. The Balaban J connectivity index is 2.02. The zero-order valence-electron chi connectivity index (χ0n) is 15.6. The summed E-state index contributed by atoms with van der Waals surface area (Å²) < 4.78 is 0. The number of aldehydes is 1. The molecule has 3 aromatic rings. The third-order valence-corrected chi connectivity index (χ3v) is 4.34. The number of benzene rings is 2. The zero-order chi connectivity index (χ0) is 18.7. The Morgan fingerprint density at radius 2 is 1.08 bits per heavy atom. The van der Waals surface area contributed by atoms with E-state index in [2.05, 4.69) is 34.1 Å². The van der Waals surface area contributed by atoms with Crippen molar-refractivity contribution in [2.45, 2.75) is 0 Å². The summed E-state index contributed by atoms with van der Waals surface area (Å²) in [6.07, 6.45) is 0.872. The highest BCUT2D eigenvalue weighted by molar-refractivity contribution is 5.81. The molecule has 1 heterocycles. The van der Waals surface area contributed by atoms with E-state index in [0.717, 1.165) is 40.2 Å². The summed E-state index contributed by atoms with van der Waals surface area (Å²) in [4.78, 5) is 20.3. The quantitative estimate of drug-likeness (QED) is 0.644. The van der Waals surface area contributed by atoms with Gasteiger partial charge in [0.05, 0.1) is 11.4 Å². The maximum absolute atomic E-state index is 11.4. The second kappa shape index (κ2) is 7.40. The van der Waals surface area contributed by atoms with Crippen LogP contribution in [0.3, 0.4) is 0 Å². The minimum atomic E-state index is 0.623. The largest absolute Gasteiger partial charge is 0.378 e. The molecule has 1 aromatic heterocycles. The second-order valence-corrected chi connectivity index (χ2v) is 6.67. The molecule has 0 bridgehead atoms. The van der Waals surface area contributed by atoms with E-state index in [1.54, 1.807) is 0 Å². The van der Waals surface area contributed by atoms with Gasteiger partial charge in [-0.05, 0) is 36.4 Å². The predicted octanol–water partition coefficient (Wildman–Crippen LogP) is 4.36. The lowest BCUT2D eigenvalue weighted by Crippen LogP contribution is -2.08. The normalized spacial score (nSPS) is 10.5. The lowest BCUT2D eigenvalue weighted by molar-refractivity contribution is 0.112. The number of hydrogen-bond donors (Lipinski definition) is 0. The third kappa shape index (κ3) is 3.75. The van der Waals surface area contributed by atoms with E-state index in [1.807, 2.05) is 64.6 Å². The molecular formula is C22H23N3O. The van der Waals surface area contributed by atoms with Gasteiger partial charge in [-0.25, -0.2) is 4.98 Å². The van der Waals surface area contributed by atoms with Crippen LogP contribution in [0.4, 0.5) is 11.4 Å². The predicted molar refractivity (Wildman–Crippen MR) is 109 cm³/mol. The van der Waals surface area contributed by atoms with Crippen LogP contribution >= 0.6 is 0 Å². The first kappa shape index (κ1) is 17.7. The Bertz CT molecular complexity index is 828. The molecule has 0 saturated heterocycles. The van der Waals surface area contributed by atoms with Crippen molar-refractivity contribution in [3.8, 4) is 22.5 Å². The van der Waals surface area contributed by atoms with Crippen LogP contribution in [0.5, 0.6) is 0 Å². The van der Waals surface area contributed by atoms with E-state index in [0.29, 0.717) is 5.56 Å². The van der Waals surface area contributed by atoms with Gasteiger partial charge >= 0.3 is 0 Å². The minimum absolute atomic E-state index is 0.623. The molecule has 0 aliphatic carbocycles. The molecule has 0 saturated carbocycles. The van der Waals surface area contributed by atoms with Crippen LogP contribution in [0.15, 0.2) is 60.7 Å². The van der Waals surface area contributed by atoms with Gasteiger partial charge in [0.2, 0.25) is 0 Å². The van der Waals surface area contributed by atoms with Crippen LogP contribution in [0.2, 0.25) is 0 Å². The Kier molecular flexibility index (Phi) is 5.03. The van der Waals surface area contributed by atoms with Crippen LogP contribution in [-0.2, 0) is 0 Å². The van der Waals surface area contributed by atoms with Gasteiger partial charge in [0.15, 0.2) is 0 Å². The summed E-state index contributed by atoms with van der Waals surface area (Å²) in [6, 6.07) is 20.0. The molecule has 132 valence electrons. The van der Waals surface area contributed by atoms with E-state index < -0.39 is 0 Å². The molecule has 0 atom stereocenters. The first-order chi connectivity index (χ1) is 12.5.